The highest BCUT2D eigenvalue weighted by atomic mass is 19.4. The first-order valence-corrected chi connectivity index (χ1v) is 10.5. The third-order valence-electron chi connectivity index (χ3n) is 5.64. The zero-order chi connectivity index (χ0) is 22.9. The largest absolute Gasteiger partial charge is 0.422 e. The van der Waals surface area contributed by atoms with E-state index in [1.807, 2.05) is 24.3 Å². The summed E-state index contributed by atoms with van der Waals surface area (Å²) >= 11 is 0. The fraction of sp³-hybridized carbons (Fsp3) is 0.185. The van der Waals surface area contributed by atoms with Crippen molar-refractivity contribution in [3.63, 3.8) is 0 Å². The van der Waals surface area contributed by atoms with Crippen LogP contribution in [0.25, 0.3) is 33.0 Å². The van der Waals surface area contributed by atoms with Crippen LogP contribution in [0.15, 0.2) is 72.8 Å². The maximum atomic E-state index is 14.3. The van der Waals surface area contributed by atoms with Crippen molar-refractivity contribution >= 4 is 10.8 Å². The van der Waals surface area contributed by atoms with Gasteiger partial charge in [-0.3, -0.25) is 0 Å². The molecule has 0 amide bonds. The van der Waals surface area contributed by atoms with Gasteiger partial charge < -0.3 is 0 Å². The molecule has 4 aromatic rings. The fourth-order valence-electron chi connectivity index (χ4n) is 3.87. The molecule has 0 aromatic heterocycles. The predicted octanol–water partition coefficient (Wildman–Crippen LogP) is 8.81. The van der Waals surface area contributed by atoms with Crippen LogP contribution in [0.1, 0.15) is 30.9 Å². The Labute approximate surface area is 183 Å². The monoisotopic (exact) mass is 440 g/mol. The summed E-state index contributed by atoms with van der Waals surface area (Å²) in [5, 5.41) is -0.181. The highest BCUT2D eigenvalue weighted by molar-refractivity contribution is 5.89. The molecule has 0 atom stereocenters. The molecule has 0 aliphatic heterocycles. The third-order valence-corrected chi connectivity index (χ3v) is 5.64. The molecule has 5 heteroatoms. The van der Waals surface area contributed by atoms with Crippen molar-refractivity contribution in [2.75, 3.05) is 0 Å². The summed E-state index contributed by atoms with van der Waals surface area (Å²) in [6.45, 7) is 2.16. The molecule has 0 N–H and O–H groups in total. The van der Waals surface area contributed by atoms with Gasteiger partial charge in [0.2, 0.25) is 0 Å². The number of halogens is 5. The lowest BCUT2D eigenvalue weighted by atomic mass is 9.96. The number of fused-ring (bicyclic) bond motifs is 1. The fourth-order valence-corrected chi connectivity index (χ4v) is 3.87. The standard InChI is InChI=1S/C27H21F5/c1-2-3-4-17-5-7-18(8-6-17)19-9-11-20(12-10-19)21-13-14-23-22(15-21)16-24(28)25(26(23)29)27(30,31)32/h5-16H,2-4H2,1H3. The van der Waals surface area contributed by atoms with E-state index in [0.29, 0.717) is 5.56 Å². The van der Waals surface area contributed by atoms with E-state index in [2.05, 4.69) is 31.2 Å². The van der Waals surface area contributed by atoms with Crippen molar-refractivity contribution in [3.8, 4) is 22.3 Å². The highest BCUT2D eigenvalue weighted by Gasteiger charge is 2.38. The van der Waals surface area contributed by atoms with Crippen LogP contribution >= 0.6 is 0 Å². The van der Waals surface area contributed by atoms with Crippen LogP contribution in [0.2, 0.25) is 0 Å². The van der Waals surface area contributed by atoms with Gasteiger partial charge in [0, 0.05) is 5.39 Å². The maximum Gasteiger partial charge on any atom is 0.422 e. The van der Waals surface area contributed by atoms with Crippen molar-refractivity contribution < 1.29 is 22.0 Å². The number of hydrogen-bond donors (Lipinski definition) is 0. The summed E-state index contributed by atoms with van der Waals surface area (Å²) in [6.07, 6.45) is -1.72. The van der Waals surface area contributed by atoms with Gasteiger partial charge in [-0.2, -0.15) is 13.2 Å². The van der Waals surface area contributed by atoms with Crippen LogP contribution in [0, 0.1) is 11.6 Å². The molecule has 4 rings (SSSR count). The average Bonchev–Trinajstić information content (AvgIpc) is 2.77. The number of benzene rings is 4. The van der Waals surface area contributed by atoms with E-state index in [9.17, 15) is 22.0 Å². The second-order valence-electron chi connectivity index (χ2n) is 7.86. The minimum absolute atomic E-state index is 0.0808. The van der Waals surface area contributed by atoms with Crippen LogP contribution in [-0.4, -0.2) is 0 Å². The molecule has 0 saturated heterocycles. The average molecular weight is 440 g/mol. The van der Waals surface area contributed by atoms with Gasteiger partial charge >= 0.3 is 6.18 Å². The van der Waals surface area contributed by atoms with Gasteiger partial charge in [-0.05, 0) is 58.2 Å². The minimum Gasteiger partial charge on any atom is -0.206 e. The molecule has 0 unspecified atom stereocenters. The normalized spacial score (nSPS) is 11.8. The van der Waals surface area contributed by atoms with Crippen molar-refractivity contribution in [1.29, 1.82) is 0 Å². The van der Waals surface area contributed by atoms with Crippen molar-refractivity contribution in [2.45, 2.75) is 32.4 Å². The quantitative estimate of drug-likeness (QED) is 0.272. The maximum absolute atomic E-state index is 14.3. The van der Waals surface area contributed by atoms with Crippen molar-refractivity contribution in [1.82, 2.24) is 0 Å². The van der Waals surface area contributed by atoms with E-state index in [1.54, 1.807) is 6.07 Å². The Morgan fingerprint density at radius 2 is 1.22 bits per heavy atom. The van der Waals surface area contributed by atoms with Crippen LogP contribution in [0.5, 0.6) is 0 Å². The summed E-state index contributed by atoms with van der Waals surface area (Å²) in [7, 11) is 0. The van der Waals surface area contributed by atoms with Crippen molar-refractivity contribution in [2.24, 2.45) is 0 Å². The Kier molecular flexibility index (Phi) is 6.00. The molecule has 4 aromatic carbocycles. The summed E-state index contributed by atoms with van der Waals surface area (Å²) in [6, 6.07) is 21.1. The number of aryl methyl sites for hydroxylation is 1. The topological polar surface area (TPSA) is 0 Å². The Morgan fingerprint density at radius 1 is 0.688 bits per heavy atom. The van der Waals surface area contributed by atoms with Gasteiger partial charge in [-0.15, -0.1) is 0 Å². The Hall–Kier alpha value is -3.21. The number of rotatable bonds is 5. The van der Waals surface area contributed by atoms with E-state index in [1.165, 1.54) is 17.7 Å². The Balaban J connectivity index is 1.63. The summed E-state index contributed by atoms with van der Waals surface area (Å²) < 4.78 is 67.2. The van der Waals surface area contributed by atoms with E-state index < -0.39 is 23.4 Å². The van der Waals surface area contributed by atoms with Gasteiger partial charge in [0.1, 0.15) is 17.2 Å². The molecule has 0 radical (unpaired) electrons. The molecule has 164 valence electrons. The Morgan fingerprint density at radius 3 is 1.78 bits per heavy atom. The molecule has 0 heterocycles. The van der Waals surface area contributed by atoms with E-state index in [4.69, 9.17) is 0 Å². The lowest BCUT2D eigenvalue weighted by molar-refractivity contribution is -0.142. The van der Waals surface area contributed by atoms with Gasteiger partial charge in [0.05, 0.1) is 0 Å². The number of hydrogen-bond acceptors (Lipinski definition) is 0. The number of alkyl halides is 3. The van der Waals surface area contributed by atoms with Crippen LogP contribution in [0.3, 0.4) is 0 Å². The second kappa shape index (κ2) is 8.73. The van der Waals surface area contributed by atoms with E-state index in [-0.39, 0.29) is 10.8 Å². The van der Waals surface area contributed by atoms with Crippen LogP contribution in [0.4, 0.5) is 22.0 Å². The molecule has 0 spiro atoms. The van der Waals surface area contributed by atoms with Gasteiger partial charge in [0.15, 0.2) is 0 Å². The molecule has 0 saturated carbocycles. The van der Waals surface area contributed by atoms with Crippen LogP contribution in [-0.2, 0) is 12.6 Å². The molecule has 0 nitrogen and oxygen atoms in total. The zero-order valence-electron chi connectivity index (χ0n) is 17.4. The Bertz CT molecular complexity index is 1240. The molecule has 32 heavy (non-hydrogen) atoms. The molecule has 0 aliphatic carbocycles. The van der Waals surface area contributed by atoms with Crippen molar-refractivity contribution in [3.05, 3.63) is 95.6 Å². The first kappa shape index (κ1) is 22.0. The zero-order valence-corrected chi connectivity index (χ0v) is 17.4. The molecule has 0 aliphatic rings. The molecule has 0 fully saturated rings. The summed E-state index contributed by atoms with van der Waals surface area (Å²) in [5.74, 6) is -3.20. The lowest BCUT2D eigenvalue weighted by Gasteiger charge is -2.12. The second-order valence-corrected chi connectivity index (χ2v) is 7.86. The molecular formula is C27H21F5. The first-order chi connectivity index (χ1) is 15.3. The molecule has 0 bridgehead atoms. The highest BCUT2D eigenvalue weighted by Crippen LogP contribution is 2.38. The third kappa shape index (κ3) is 4.38. The first-order valence-electron chi connectivity index (χ1n) is 10.5. The van der Waals surface area contributed by atoms with Gasteiger partial charge in [-0.25, -0.2) is 8.78 Å². The number of unbranched alkanes of at least 4 members (excludes halogenated alkanes) is 1. The summed E-state index contributed by atoms with van der Waals surface area (Å²) in [4.78, 5) is 0. The van der Waals surface area contributed by atoms with Gasteiger partial charge in [0.25, 0.3) is 0 Å². The van der Waals surface area contributed by atoms with E-state index >= 15 is 0 Å². The lowest BCUT2D eigenvalue weighted by Crippen LogP contribution is -2.11. The smallest absolute Gasteiger partial charge is 0.206 e. The SMILES string of the molecule is CCCCc1ccc(-c2ccc(-c3ccc4c(F)c(C(F)(F)F)c(F)cc4c3)cc2)cc1. The van der Waals surface area contributed by atoms with Gasteiger partial charge in [-0.1, -0.05) is 74.0 Å². The van der Waals surface area contributed by atoms with E-state index in [0.717, 1.165) is 42.0 Å². The summed E-state index contributed by atoms with van der Waals surface area (Å²) in [5.41, 5.74) is 3.02. The predicted molar refractivity (Wildman–Crippen MR) is 118 cm³/mol. The minimum atomic E-state index is -5.09. The molecular weight excluding hydrogens is 419 g/mol. The van der Waals surface area contributed by atoms with Crippen LogP contribution < -0.4 is 0 Å².